The lowest BCUT2D eigenvalue weighted by molar-refractivity contribution is 0.115. The fraction of sp³-hybridized carbons (Fsp3) is 1.00. The average molecular weight is 194 g/mol. The summed E-state index contributed by atoms with van der Waals surface area (Å²) in [6.45, 7) is 4.08. The van der Waals surface area contributed by atoms with Crippen LogP contribution in [0.3, 0.4) is 0 Å². The molecule has 0 aromatic heterocycles. The maximum absolute atomic E-state index is 5.58. The molecule has 0 rings (SSSR count). The van der Waals surface area contributed by atoms with Gasteiger partial charge in [-0.05, 0) is 33.4 Å². The molecule has 0 heterocycles. The number of likely N-dealkylation sites (N-methyl/N-ethyl adjacent to an activating group) is 1. The summed E-state index contributed by atoms with van der Waals surface area (Å²) in [7, 11) is 3.86. The number of hydrogen-bond acceptors (Lipinski definition) is 2. The summed E-state index contributed by atoms with van der Waals surface area (Å²) in [5.74, 6) is 0.770. The maximum atomic E-state index is 5.58. The largest absolute Gasteiger partial charge is 0.383 e. The minimum atomic E-state index is 0.505. The zero-order valence-electron chi connectivity index (χ0n) is 8.35. The molecule has 0 bridgehead atoms. The lowest BCUT2D eigenvalue weighted by Gasteiger charge is -2.23. The van der Waals surface area contributed by atoms with Crippen molar-refractivity contribution in [1.29, 1.82) is 0 Å². The molecule has 3 heteroatoms. The zero-order valence-corrected chi connectivity index (χ0v) is 9.10. The smallest absolute Gasteiger partial charge is 0.0615 e. The molecule has 1 atom stereocenters. The summed E-state index contributed by atoms with van der Waals surface area (Å²) in [5.41, 5.74) is 0. The standard InChI is InChI=1S/C9H20ClNO/c1-9(8-12-3)11(2)7-5-4-6-10/h9H,4-8H2,1-3H3. The van der Waals surface area contributed by atoms with Crippen LogP contribution in [0.25, 0.3) is 0 Å². The van der Waals surface area contributed by atoms with Crippen LogP contribution in [0.15, 0.2) is 0 Å². The van der Waals surface area contributed by atoms with Gasteiger partial charge >= 0.3 is 0 Å². The Morgan fingerprint density at radius 1 is 1.42 bits per heavy atom. The highest BCUT2D eigenvalue weighted by molar-refractivity contribution is 6.17. The summed E-state index contributed by atoms with van der Waals surface area (Å²) in [6, 6.07) is 0.505. The number of rotatable bonds is 7. The summed E-state index contributed by atoms with van der Waals surface area (Å²) < 4.78 is 5.06. The van der Waals surface area contributed by atoms with Crippen molar-refractivity contribution < 1.29 is 4.74 Å². The first-order valence-corrected chi connectivity index (χ1v) is 5.01. The van der Waals surface area contributed by atoms with E-state index in [1.54, 1.807) is 7.11 Å². The third kappa shape index (κ3) is 5.81. The van der Waals surface area contributed by atoms with Crippen LogP contribution in [0.4, 0.5) is 0 Å². The van der Waals surface area contributed by atoms with Gasteiger partial charge in [-0.3, -0.25) is 0 Å². The monoisotopic (exact) mass is 193 g/mol. The van der Waals surface area contributed by atoms with E-state index in [2.05, 4.69) is 18.9 Å². The zero-order chi connectivity index (χ0) is 9.40. The van der Waals surface area contributed by atoms with Gasteiger partial charge in [-0.25, -0.2) is 0 Å². The molecule has 0 saturated heterocycles. The molecule has 0 aromatic rings. The van der Waals surface area contributed by atoms with Crippen LogP contribution >= 0.6 is 11.6 Å². The van der Waals surface area contributed by atoms with E-state index in [1.165, 1.54) is 6.42 Å². The Kier molecular flexibility index (Phi) is 7.98. The molecule has 0 aliphatic heterocycles. The van der Waals surface area contributed by atoms with Crippen LogP contribution in [0.5, 0.6) is 0 Å². The Hall–Kier alpha value is 0.210. The number of alkyl halides is 1. The van der Waals surface area contributed by atoms with Gasteiger partial charge in [0, 0.05) is 19.0 Å². The minimum Gasteiger partial charge on any atom is -0.383 e. The predicted octanol–water partition coefficient (Wildman–Crippen LogP) is 1.97. The molecule has 0 amide bonds. The number of nitrogens with zero attached hydrogens (tertiary/aromatic N) is 1. The molecule has 0 spiro atoms. The fourth-order valence-corrected chi connectivity index (χ4v) is 1.23. The van der Waals surface area contributed by atoms with Crippen molar-refractivity contribution in [2.24, 2.45) is 0 Å². The van der Waals surface area contributed by atoms with Crippen molar-refractivity contribution in [1.82, 2.24) is 4.90 Å². The molecule has 0 radical (unpaired) electrons. The second-order valence-corrected chi connectivity index (χ2v) is 3.56. The number of ether oxygens (including phenoxy) is 1. The molecule has 0 aliphatic carbocycles. The van der Waals surface area contributed by atoms with Crippen molar-refractivity contribution >= 4 is 11.6 Å². The van der Waals surface area contributed by atoms with Gasteiger partial charge in [0.25, 0.3) is 0 Å². The van der Waals surface area contributed by atoms with Gasteiger partial charge in [-0.15, -0.1) is 11.6 Å². The third-order valence-corrected chi connectivity index (χ3v) is 2.32. The van der Waals surface area contributed by atoms with Crippen molar-refractivity contribution in [2.45, 2.75) is 25.8 Å². The third-order valence-electron chi connectivity index (χ3n) is 2.05. The molecule has 1 unspecified atom stereocenters. The summed E-state index contributed by atoms with van der Waals surface area (Å²) in [6.07, 6.45) is 2.28. The highest BCUT2D eigenvalue weighted by Gasteiger charge is 2.06. The van der Waals surface area contributed by atoms with Crippen LogP contribution in [-0.4, -0.2) is 44.1 Å². The highest BCUT2D eigenvalue weighted by atomic mass is 35.5. The van der Waals surface area contributed by atoms with Gasteiger partial charge < -0.3 is 9.64 Å². The second kappa shape index (κ2) is 7.84. The topological polar surface area (TPSA) is 12.5 Å². The van der Waals surface area contributed by atoms with Crippen LogP contribution in [0.1, 0.15) is 19.8 Å². The molecule has 0 fully saturated rings. The molecule has 2 nitrogen and oxygen atoms in total. The summed E-state index contributed by atoms with van der Waals surface area (Å²) in [5, 5.41) is 0. The SMILES string of the molecule is COCC(C)N(C)CCCCCl. The Morgan fingerprint density at radius 2 is 2.08 bits per heavy atom. The van der Waals surface area contributed by atoms with Crippen molar-refractivity contribution in [3.8, 4) is 0 Å². The minimum absolute atomic E-state index is 0.505. The molecule has 0 aliphatic rings. The molecular weight excluding hydrogens is 174 g/mol. The highest BCUT2D eigenvalue weighted by Crippen LogP contribution is 2.00. The normalized spacial score (nSPS) is 13.8. The van der Waals surface area contributed by atoms with E-state index in [0.717, 1.165) is 25.5 Å². The van der Waals surface area contributed by atoms with Gasteiger partial charge in [0.15, 0.2) is 0 Å². The molecular formula is C9H20ClNO. The Bertz CT molecular complexity index is 101. The van der Waals surface area contributed by atoms with E-state index >= 15 is 0 Å². The molecule has 0 saturated carbocycles. The first-order chi connectivity index (χ1) is 5.72. The fourth-order valence-electron chi connectivity index (χ4n) is 1.04. The molecule has 0 N–H and O–H groups in total. The van der Waals surface area contributed by atoms with Gasteiger partial charge in [-0.1, -0.05) is 0 Å². The molecule has 12 heavy (non-hydrogen) atoms. The Balaban J connectivity index is 3.35. The van der Waals surface area contributed by atoms with Crippen molar-refractivity contribution in [3.05, 3.63) is 0 Å². The van der Waals surface area contributed by atoms with E-state index in [-0.39, 0.29) is 0 Å². The predicted molar refractivity (Wildman–Crippen MR) is 53.9 cm³/mol. The average Bonchev–Trinajstić information content (AvgIpc) is 2.05. The van der Waals surface area contributed by atoms with E-state index in [9.17, 15) is 0 Å². The Morgan fingerprint density at radius 3 is 2.58 bits per heavy atom. The van der Waals surface area contributed by atoms with Crippen LogP contribution < -0.4 is 0 Å². The van der Waals surface area contributed by atoms with Crippen molar-refractivity contribution in [2.75, 3.05) is 33.2 Å². The van der Waals surface area contributed by atoms with E-state index in [1.807, 2.05) is 0 Å². The van der Waals surface area contributed by atoms with Crippen LogP contribution in [0.2, 0.25) is 0 Å². The summed E-state index contributed by atoms with van der Waals surface area (Å²) >= 11 is 5.58. The van der Waals surface area contributed by atoms with Gasteiger partial charge in [0.2, 0.25) is 0 Å². The molecule has 74 valence electrons. The maximum Gasteiger partial charge on any atom is 0.0615 e. The Labute approximate surface area is 80.8 Å². The lowest BCUT2D eigenvalue weighted by atomic mass is 10.2. The number of halogens is 1. The van der Waals surface area contributed by atoms with Gasteiger partial charge in [0.05, 0.1) is 6.61 Å². The first kappa shape index (κ1) is 12.2. The number of hydrogen-bond donors (Lipinski definition) is 0. The lowest BCUT2D eigenvalue weighted by Crippen LogP contribution is -2.33. The van der Waals surface area contributed by atoms with Crippen molar-refractivity contribution in [3.63, 3.8) is 0 Å². The van der Waals surface area contributed by atoms with Crippen LogP contribution in [0, 0.1) is 0 Å². The quantitative estimate of drug-likeness (QED) is 0.453. The first-order valence-electron chi connectivity index (χ1n) is 4.47. The number of unbranched alkanes of at least 4 members (excludes halogenated alkanes) is 1. The summed E-state index contributed by atoms with van der Waals surface area (Å²) in [4.78, 5) is 2.30. The van der Waals surface area contributed by atoms with Gasteiger partial charge in [-0.2, -0.15) is 0 Å². The van der Waals surface area contributed by atoms with Crippen LogP contribution in [-0.2, 0) is 4.74 Å². The van der Waals surface area contributed by atoms with E-state index in [0.29, 0.717) is 6.04 Å². The second-order valence-electron chi connectivity index (χ2n) is 3.18. The van der Waals surface area contributed by atoms with Gasteiger partial charge in [0.1, 0.15) is 0 Å². The number of methoxy groups -OCH3 is 1. The van der Waals surface area contributed by atoms with E-state index < -0.39 is 0 Å². The molecule has 0 aromatic carbocycles. The van der Waals surface area contributed by atoms with E-state index in [4.69, 9.17) is 16.3 Å².